The molecule has 2 rings (SSSR count). The monoisotopic (exact) mass is 296 g/mol. The fourth-order valence-electron chi connectivity index (χ4n) is 1.92. The predicted molar refractivity (Wildman–Crippen MR) is 81.3 cm³/mol. The van der Waals surface area contributed by atoms with Crippen LogP contribution < -0.4 is 10.1 Å². The maximum atomic E-state index is 6.13. The lowest BCUT2D eigenvalue weighted by Gasteiger charge is -2.10. The molecular formula is C14H17ClN2OS. The number of hydrogen-bond acceptors (Lipinski definition) is 4. The lowest BCUT2D eigenvalue weighted by molar-refractivity contribution is 0.413. The van der Waals surface area contributed by atoms with Crippen LogP contribution in [0.4, 0.5) is 0 Å². The molecule has 102 valence electrons. The highest BCUT2D eigenvalue weighted by Gasteiger charge is 2.15. The van der Waals surface area contributed by atoms with Crippen LogP contribution in [0.3, 0.4) is 0 Å². The van der Waals surface area contributed by atoms with Crippen molar-refractivity contribution in [3.05, 3.63) is 33.1 Å². The van der Waals surface area contributed by atoms with Crippen molar-refractivity contribution in [2.75, 3.05) is 14.2 Å². The zero-order valence-corrected chi connectivity index (χ0v) is 13.0. The molecule has 0 aliphatic carbocycles. The van der Waals surface area contributed by atoms with E-state index in [9.17, 15) is 0 Å². The third kappa shape index (κ3) is 2.91. The highest BCUT2D eigenvalue weighted by atomic mass is 35.5. The van der Waals surface area contributed by atoms with Crippen molar-refractivity contribution in [3.8, 4) is 17.0 Å². The molecule has 5 heteroatoms. The maximum Gasteiger partial charge on any atom is 0.131 e. The summed E-state index contributed by atoms with van der Waals surface area (Å²) >= 11 is 7.77. The first kappa shape index (κ1) is 14.3. The van der Waals surface area contributed by atoms with Crippen LogP contribution in [-0.2, 0) is 0 Å². The van der Waals surface area contributed by atoms with E-state index in [-0.39, 0.29) is 6.04 Å². The number of thiazole rings is 1. The van der Waals surface area contributed by atoms with Crippen molar-refractivity contribution >= 4 is 22.9 Å². The summed E-state index contributed by atoms with van der Waals surface area (Å²) < 4.78 is 5.47. The van der Waals surface area contributed by atoms with Crippen LogP contribution in [-0.4, -0.2) is 19.1 Å². The van der Waals surface area contributed by atoms with E-state index < -0.39 is 0 Å². The van der Waals surface area contributed by atoms with Crippen molar-refractivity contribution in [2.24, 2.45) is 0 Å². The number of benzene rings is 1. The lowest BCUT2D eigenvalue weighted by atomic mass is 10.1. The molecule has 3 nitrogen and oxygen atoms in total. The molecule has 0 saturated heterocycles. The molecule has 0 aliphatic rings. The van der Waals surface area contributed by atoms with E-state index in [1.54, 1.807) is 18.4 Å². The first-order valence-corrected chi connectivity index (χ1v) is 7.29. The summed E-state index contributed by atoms with van der Waals surface area (Å²) in [7, 11) is 3.60. The Morgan fingerprint density at radius 2 is 2.16 bits per heavy atom. The largest absolute Gasteiger partial charge is 0.496 e. The van der Waals surface area contributed by atoms with Gasteiger partial charge in [-0.1, -0.05) is 11.6 Å². The molecule has 0 aliphatic heterocycles. The van der Waals surface area contributed by atoms with Gasteiger partial charge in [-0.15, -0.1) is 11.3 Å². The summed E-state index contributed by atoms with van der Waals surface area (Å²) in [6.07, 6.45) is 0. The van der Waals surface area contributed by atoms with Crippen LogP contribution in [0.2, 0.25) is 5.02 Å². The summed E-state index contributed by atoms with van der Waals surface area (Å²) in [5.41, 5.74) is 2.86. The summed E-state index contributed by atoms with van der Waals surface area (Å²) in [6, 6.07) is 4.04. The minimum atomic E-state index is 0.241. The van der Waals surface area contributed by atoms with Gasteiger partial charge in [-0.2, -0.15) is 0 Å². The molecule has 1 atom stereocenters. The van der Waals surface area contributed by atoms with Gasteiger partial charge in [0.05, 0.1) is 18.8 Å². The molecular weight excluding hydrogens is 280 g/mol. The first-order chi connectivity index (χ1) is 9.06. The maximum absolute atomic E-state index is 6.13. The second-order valence-electron chi connectivity index (χ2n) is 4.38. The van der Waals surface area contributed by atoms with Crippen molar-refractivity contribution in [3.63, 3.8) is 0 Å². The molecule has 1 unspecified atom stereocenters. The van der Waals surface area contributed by atoms with Crippen LogP contribution in [0.5, 0.6) is 5.75 Å². The van der Waals surface area contributed by atoms with Gasteiger partial charge >= 0.3 is 0 Å². The van der Waals surface area contributed by atoms with E-state index in [1.165, 1.54) is 0 Å². The summed E-state index contributed by atoms with van der Waals surface area (Å²) in [6.45, 7) is 4.07. The van der Waals surface area contributed by atoms with Crippen LogP contribution in [0, 0.1) is 6.92 Å². The number of hydrogen-bond donors (Lipinski definition) is 1. The molecule has 1 aromatic carbocycles. The van der Waals surface area contributed by atoms with Gasteiger partial charge in [-0.25, -0.2) is 4.98 Å². The van der Waals surface area contributed by atoms with Crippen LogP contribution >= 0.6 is 22.9 Å². The normalized spacial score (nSPS) is 12.5. The Kier molecular flexibility index (Phi) is 4.45. The molecule has 0 fully saturated rings. The Balaban J connectivity index is 2.49. The minimum absolute atomic E-state index is 0.241. The van der Waals surface area contributed by atoms with E-state index in [1.807, 2.05) is 31.5 Å². The van der Waals surface area contributed by atoms with Crippen molar-refractivity contribution < 1.29 is 4.74 Å². The molecule has 0 saturated carbocycles. The van der Waals surface area contributed by atoms with E-state index in [0.29, 0.717) is 5.02 Å². The highest BCUT2D eigenvalue weighted by molar-refractivity contribution is 7.10. The van der Waals surface area contributed by atoms with Crippen molar-refractivity contribution in [1.82, 2.24) is 10.3 Å². The number of ether oxygens (including phenoxy) is 1. The molecule has 1 N–H and O–H groups in total. The average molecular weight is 297 g/mol. The molecule has 19 heavy (non-hydrogen) atoms. The van der Waals surface area contributed by atoms with E-state index in [0.717, 1.165) is 27.6 Å². The number of halogens is 1. The Morgan fingerprint density at radius 1 is 1.42 bits per heavy atom. The third-order valence-corrected chi connectivity index (χ3v) is 4.29. The highest BCUT2D eigenvalue weighted by Crippen LogP contribution is 2.36. The number of nitrogens with zero attached hydrogens (tertiary/aromatic N) is 1. The van der Waals surface area contributed by atoms with Crippen molar-refractivity contribution in [1.29, 1.82) is 0 Å². The van der Waals surface area contributed by atoms with Crippen LogP contribution in [0.15, 0.2) is 17.5 Å². The fourth-order valence-corrected chi connectivity index (χ4v) is 3.08. The number of nitrogens with one attached hydrogen (secondary N) is 1. The predicted octanol–water partition coefficient (Wildman–Crippen LogP) is 4.06. The number of rotatable bonds is 4. The zero-order valence-electron chi connectivity index (χ0n) is 11.5. The van der Waals surface area contributed by atoms with E-state index in [4.69, 9.17) is 16.3 Å². The smallest absolute Gasteiger partial charge is 0.131 e. The average Bonchev–Trinajstić information content (AvgIpc) is 2.86. The van der Waals surface area contributed by atoms with Gasteiger partial charge in [-0.05, 0) is 38.6 Å². The number of aryl methyl sites for hydroxylation is 1. The number of aromatic nitrogens is 1. The van der Waals surface area contributed by atoms with Gasteiger partial charge in [-0.3, -0.25) is 0 Å². The van der Waals surface area contributed by atoms with Gasteiger partial charge in [0.1, 0.15) is 10.8 Å². The summed E-state index contributed by atoms with van der Waals surface area (Å²) in [4.78, 5) is 4.66. The van der Waals surface area contributed by atoms with Crippen LogP contribution in [0.25, 0.3) is 11.3 Å². The van der Waals surface area contributed by atoms with Gasteiger partial charge in [0.25, 0.3) is 0 Å². The molecule has 0 radical (unpaired) electrons. The second kappa shape index (κ2) is 5.90. The van der Waals surface area contributed by atoms with Gasteiger partial charge < -0.3 is 10.1 Å². The number of methoxy groups -OCH3 is 1. The quantitative estimate of drug-likeness (QED) is 0.924. The van der Waals surface area contributed by atoms with Crippen molar-refractivity contribution in [2.45, 2.75) is 19.9 Å². The molecule has 2 aromatic rings. The molecule has 0 bridgehead atoms. The van der Waals surface area contributed by atoms with Crippen LogP contribution in [0.1, 0.15) is 23.5 Å². The third-order valence-electron chi connectivity index (χ3n) is 3.04. The van der Waals surface area contributed by atoms with Gasteiger partial charge in [0.2, 0.25) is 0 Å². The topological polar surface area (TPSA) is 34.2 Å². The van der Waals surface area contributed by atoms with Gasteiger partial charge in [0, 0.05) is 16.0 Å². The summed E-state index contributed by atoms with van der Waals surface area (Å²) in [5.74, 6) is 0.832. The lowest BCUT2D eigenvalue weighted by Crippen LogP contribution is -2.11. The summed E-state index contributed by atoms with van der Waals surface area (Å²) in [5, 5.41) is 6.98. The Labute approximate surface area is 122 Å². The molecule has 1 aromatic heterocycles. The molecule has 0 amide bonds. The SMILES string of the molecule is CNC(C)c1nc(-c2cc(Cl)cc(C)c2OC)cs1. The molecule has 0 spiro atoms. The Morgan fingerprint density at radius 3 is 2.79 bits per heavy atom. The van der Waals surface area contributed by atoms with E-state index >= 15 is 0 Å². The fraction of sp³-hybridized carbons (Fsp3) is 0.357. The Bertz CT molecular complexity index is 583. The van der Waals surface area contributed by atoms with Gasteiger partial charge in [0.15, 0.2) is 0 Å². The zero-order chi connectivity index (χ0) is 14.0. The Hall–Kier alpha value is -1.10. The molecule has 1 heterocycles. The van der Waals surface area contributed by atoms with E-state index in [2.05, 4.69) is 17.2 Å². The second-order valence-corrected chi connectivity index (χ2v) is 5.71. The minimum Gasteiger partial charge on any atom is -0.496 e. The standard InChI is InChI=1S/C14H17ClN2OS/c1-8-5-10(15)6-11(13(8)18-4)12-7-19-14(17-12)9(2)16-3/h5-7,9,16H,1-4H3. The first-order valence-electron chi connectivity index (χ1n) is 6.04.